The highest BCUT2D eigenvalue weighted by Gasteiger charge is 2.18. The monoisotopic (exact) mass is 451 g/mol. The SMILES string of the molecule is CCN(C)C(=O)c1sc(Nc2ccc(CCNc3nc4ccccc4s3)cc2)nc1C. The molecule has 0 spiro atoms. The highest BCUT2D eigenvalue weighted by Crippen LogP contribution is 2.27. The van der Waals surface area contributed by atoms with Crippen LogP contribution in [0, 0.1) is 6.92 Å². The number of aromatic nitrogens is 2. The normalized spacial score (nSPS) is 10.9. The van der Waals surface area contributed by atoms with Gasteiger partial charge in [-0.15, -0.1) is 0 Å². The fraction of sp³-hybridized carbons (Fsp3) is 0.261. The molecule has 0 bridgehead atoms. The predicted octanol–water partition coefficient (Wildman–Crippen LogP) is 5.55. The zero-order valence-electron chi connectivity index (χ0n) is 17.8. The van der Waals surface area contributed by atoms with Crippen molar-refractivity contribution in [1.29, 1.82) is 0 Å². The molecule has 8 heteroatoms. The molecule has 0 unspecified atom stereocenters. The Balaban J connectivity index is 1.32. The van der Waals surface area contributed by atoms with Crippen LogP contribution >= 0.6 is 22.7 Å². The van der Waals surface area contributed by atoms with E-state index in [2.05, 4.69) is 38.8 Å². The minimum atomic E-state index is 0.0153. The lowest BCUT2D eigenvalue weighted by Crippen LogP contribution is -2.25. The Morgan fingerprint density at radius 1 is 1.03 bits per heavy atom. The summed E-state index contributed by atoms with van der Waals surface area (Å²) in [6.07, 6.45) is 0.911. The zero-order chi connectivity index (χ0) is 21.8. The Kier molecular flexibility index (Phi) is 6.48. The summed E-state index contributed by atoms with van der Waals surface area (Å²) in [6, 6.07) is 16.5. The summed E-state index contributed by atoms with van der Waals surface area (Å²) in [5, 5.41) is 8.42. The van der Waals surface area contributed by atoms with E-state index < -0.39 is 0 Å². The third-order valence-electron chi connectivity index (χ3n) is 5.00. The Hall–Kier alpha value is -2.97. The van der Waals surface area contributed by atoms with Crippen molar-refractivity contribution in [3.63, 3.8) is 0 Å². The number of para-hydroxylation sites is 1. The van der Waals surface area contributed by atoms with Crippen LogP contribution in [0.5, 0.6) is 0 Å². The summed E-state index contributed by atoms with van der Waals surface area (Å²) in [4.78, 5) is 23.9. The summed E-state index contributed by atoms with van der Waals surface area (Å²) < 4.78 is 1.20. The first-order valence-corrected chi connectivity index (χ1v) is 11.8. The molecule has 0 atom stereocenters. The lowest BCUT2D eigenvalue weighted by molar-refractivity contribution is 0.0806. The average molecular weight is 452 g/mol. The molecule has 0 saturated carbocycles. The largest absolute Gasteiger partial charge is 0.361 e. The molecule has 2 N–H and O–H groups in total. The summed E-state index contributed by atoms with van der Waals surface area (Å²) >= 11 is 3.07. The average Bonchev–Trinajstić information content (AvgIpc) is 3.36. The number of aryl methyl sites for hydroxylation is 1. The van der Waals surface area contributed by atoms with E-state index in [1.54, 1.807) is 23.3 Å². The Labute approximate surface area is 190 Å². The van der Waals surface area contributed by atoms with Crippen molar-refractivity contribution in [2.45, 2.75) is 20.3 Å². The number of nitrogens with zero attached hydrogens (tertiary/aromatic N) is 3. The highest BCUT2D eigenvalue weighted by atomic mass is 32.1. The summed E-state index contributed by atoms with van der Waals surface area (Å²) in [5.41, 5.74) is 4.00. The quantitative estimate of drug-likeness (QED) is 0.367. The summed E-state index contributed by atoms with van der Waals surface area (Å²) in [5.74, 6) is 0.0153. The van der Waals surface area contributed by atoms with Gasteiger partial charge in [0.2, 0.25) is 0 Å². The maximum absolute atomic E-state index is 12.4. The second-order valence-electron chi connectivity index (χ2n) is 7.24. The Morgan fingerprint density at radius 3 is 2.55 bits per heavy atom. The van der Waals surface area contributed by atoms with Crippen LogP contribution in [0.4, 0.5) is 16.0 Å². The Morgan fingerprint density at radius 2 is 1.81 bits per heavy atom. The van der Waals surface area contributed by atoms with Crippen LogP contribution < -0.4 is 10.6 Å². The zero-order valence-corrected chi connectivity index (χ0v) is 19.4. The lowest BCUT2D eigenvalue weighted by Gasteiger charge is -2.12. The van der Waals surface area contributed by atoms with Crippen molar-refractivity contribution in [3.8, 4) is 0 Å². The maximum Gasteiger partial charge on any atom is 0.265 e. The van der Waals surface area contributed by atoms with Crippen LogP contribution in [0.1, 0.15) is 27.9 Å². The number of hydrogen-bond acceptors (Lipinski definition) is 7. The first-order chi connectivity index (χ1) is 15.0. The number of carbonyl (C=O) groups excluding carboxylic acids is 1. The summed E-state index contributed by atoms with van der Waals surface area (Å²) in [7, 11) is 1.80. The van der Waals surface area contributed by atoms with Gasteiger partial charge in [0.05, 0.1) is 15.9 Å². The van der Waals surface area contributed by atoms with Crippen LogP contribution in [-0.2, 0) is 6.42 Å². The molecule has 2 heterocycles. The molecule has 6 nitrogen and oxygen atoms in total. The van der Waals surface area contributed by atoms with Gasteiger partial charge in [-0.2, -0.15) is 0 Å². The number of thiazole rings is 2. The number of amides is 1. The standard InChI is InChI=1S/C23H25N5OS2/c1-4-28(3)21(29)20-15(2)25-23(31-20)26-17-11-9-16(10-12-17)13-14-24-22-27-18-7-5-6-8-19(18)30-22/h5-12H,4,13-14H2,1-3H3,(H,24,27)(H,25,26). The van der Waals surface area contributed by atoms with Gasteiger partial charge < -0.3 is 15.5 Å². The second kappa shape index (κ2) is 9.45. The van der Waals surface area contributed by atoms with Crippen molar-refractivity contribution in [2.75, 3.05) is 30.8 Å². The molecule has 160 valence electrons. The van der Waals surface area contributed by atoms with Gasteiger partial charge >= 0.3 is 0 Å². The molecule has 4 aromatic rings. The number of nitrogens with one attached hydrogen (secondary N) is 2. The minimum Gasteiger partial charge on any atom is -0.361 e. The first-order valence-electron chi connectivity index (χ1n) is 10.2. The van der Waals surface area contributed by atoms with Gasteiger partial charge in [0.1, 0.15) is 4.88 Å². The van der Waals surface area contributed by atoms with Gasteiger partial charge in [-0.25, -0.2) is 9.97 Å². The molecule has 2 aromatic heterocycles. The van der Waals surface area contributed by atoms with Crippen molar-refractivity contribution in [3.05, 3.63) is 64.7 Å². The number of hydrogen-bond donors (Lipinski definition) is 2. The molecule has 0 aliphatic rings. The van der Waals surface area contributed by atoms with Gasteiger partial charge in [0.15, 0.2) is 10.3 Å². The molecule has 31 heavy (non-hydrogen) atoms. The predicted molar refractivity (Wildman–Crippen MR) is 131 cm³/mol. The van der Waals surface area contributed by atoms with Gasteiger partial charge in [-0.1, -0.05) is 46.9 Å². The van der Waals surface area contributed by atoms with Gasteiger partial charge in [0.25, 0.3) is 5.91 Å². The molecule has 0 fully saturated rings. The molecule has 0 saturated heterocycles. The number of fused-ring (bicyclic) bond motifs is 1. The third-order valence-corrected chi connectivity index (χ3v) is 7.06. The topological polar surface area (TPSA) is 70.2 Å². The maximum atomic E-state index is 12.4. The number of carbonyl (C=O) groups is 1. The molecule has 0 radical (unpaired) electrons. The van der Waals surface area contributed by atoms with E-state index >= 15 is 0 Å². The van der Waals surface area contributed by atoms with Crippen molar-refractivity contribution in [1.82, 2.24) is 14.9 Å². The van der Waals surface area contributed by atoms with E-state index in [0.29, 0.717) is 11.4 Å². The van der Waals surface area contributed by atoms with Crippen molar-refractivity contribution in [2.24, 2.45) is 0 Å². The number of rotatable bonds is 8. The van der Waals surface area contributed by atoms with E-state index in [4.69, 9.17) is 0 Å². The van der Waals surface area contributed by atoms with Crippen LogP contribution in [0.15, 0.2) is 48.5 Å². The van der Waals surface area contributed by atoms with E-state index in [1.165, 1.54) is 21.6 Å². The van der Waals surface area contributed by atoms with E-state index in [1.807, 2.05) is 44.2 Å². The van der Waals surface area contributed by atoms with Crippen molar-refractivity contribution >= 4 is 54.7 Å². The third kappa shape index (κ3) is 5.03. The fourth-order valence-electron chi connectivity index (χ4n) is 3.11. The lowest BCUT2D eigenvalue weighted by atomic mass is 10.1. The van der Waals surface area contributed by atoms with E-state index in [0.717, 1.165) is 40.1 Å². The van der Waals surface area contributed by atoms with Gasteiger partial charge in [0, 0.05) is 25.8 Å². The van der Waals surface area contributed by atoms with Crippen LogP contribution in [0.2, 0.25) is 0 Å². The summed E-state index contributed by atoms with van der Waals surface area (Å²) in [6.45, 7) is 5.34. The minimum absolute atomic E-state index is 0.0153. The van der Waals surface area contributed by atoms with Gasteiger partial charge in [-0.05, 0) is 50.1 Å². The molecule has 0 aliphatic heterocycles. The van der Waals surface area contributed by atoms with Crippen LogP contribution in [0.25, 0.3) is 10.2 Å². The van der Waals surface area contributed by atoms with Crippen LogP contribution in [-0.4, -0.2) is 40.9 Å². The molecule has 4 rings (SSSR count). The molecule has 0 aliphatic carbocycles. The fourth-order valence-corrected chi connectivity index (χ4v) is 4.98. The van der Waals surface area contributed by atoms with Crippen molar-refractivity contribution < 1.29 is 4.79 Å². The molecule has 1 amide bonds. The Bertz CT molecular complexity index is 1150. The molecular weight excluding hydrogens is 426 g/mol. The van der Waals surface area contributed by atoms with E-state index in [-0.39, 0.29) is 5.91 Å². The first kappa shape index (κ1) is 21.3. The molecule has 2 aromatic carbocycles. The smallest absolute Gasteiger partial charge is 0.265 e. The van der Waals surface area contributed by atoms with Crippen LogP contribution in [0.3, 0.4) is 0 Å². The number of anilines is 3. The second-order valence-corrected chi connectivity index (χ2v) is 9.27. The van der Waals surface area contributed by atoms with E-state index in [9.17, 15) is 4.79 Å². The van der Waals surface area contributed by atoms with Gasteiger partial charge in [-0.3, -0.25) is 4.79 Å². The molecular formula is C23H25N5OS2. The number of benzene rings is 2. The highest BCUT2D eigenvalue weighted by molar-refractivity contribution is 7.22.